The lowest BCUT2D eigenvalue weighted by molar-refractivity contribution is 0.0781. The zero-order valence-electron chi connectivity index (χ0n) is 11.9. The van der Waals surface area contributed by atoms with Gasteiger partial charge in [0.05, 0.1) is 6.04 Å². The van der Waals surface area contributed by atoms with Crippen LogP contribution in [0.4, 0.5) is 0 Å². The minimum absolute atomic E-state index is 0. The summed E-state index contributed by atoms with van der Waals surface area (Å²) >= 11 is 0. The fraction of sp³-hybridized carbons (Fsp3) is 0.714. The van der Waals surface area contributed by atoms with E-state index >= 15 is 0 Å². The SMILES string of the molecule is CC1CCN(C(=O)c2ccn(C3CCCNC3)n2)C1.Cl. The third-order valence-corrected chi connectivity index (χ3v) is 4.18. The van der Waals surface area contributed by atoms with Gasteiger partial charge in [0, 0.05) is 25.8 Å². The molecule has 0 radical (unpaired) electrons. The summed E-state index contributed by atoms with van der Waals surface area (Å²) in [7, 11) is 0. The molecule has 0 spiro atoms. The summed E-state index contributed by atoms with van der Waals surface area (Å²) < 4.78 is 1.96. The van der Waals surface area contributed by atoms with Gasteiger partial charge < -0.3 is 10.2 Å². The smallest absolute Gasteiger partial charge is 0.274 e. The van der Waals surface area contributed by atoms with Crippen molar-refractivity contribution in [3.63, 3.8) is 0 Å². The monoisotopic (exact) mass is 298 g/mol. The van der Waals surface area contributed by atoms with Crippen LogP contribution in [0.25, 0.3) is 0 Å². The Bertz CT molecular complexity index is 456. The number of nitrogens with one attached hydrogen (secondary N) is 1. The molecule has 2 atom stereocenters. The predicted molar refractivity (Wildman–Crippen MR) is 80.3 cm³/mol. The molecule has 20 heavy (non-hydrogen) atoms. The van der Waals surface area contributed by atoms with Crippen molar-refractivity contribution in [3.05, 3.63) is 18.0 Å². The molecule has 1 aromatic rings. The second kappa shape index (κ2) is 6.59. The number of likely N-dealkylation sites (tertiary alicyclic amines) is 1. The first-order chi connectivity index (χ1) is 9.24. The Hall–Kier alpha value is -1.07. The average molecular weight is 299 g/mol. The standard InChI is InChI=1S/C14H22N4O.ClH/c1-11-4-7-17(10-11)14(19)13-5-8-18(16-13)12-3-2-6-15-9-12;/h5,8,11-12,15H,2-4,6-7,9-10H2,1H3;1H. The first kappa shape index (κ1) is 15.3. The predicted octanol–water partition coefficient (Wildman–Crippen LogP) is 1.71. The highest BCUT2D eigenvalue weighted by atomic mass is 35.5. The van der Waals surface area contributed by atoms with Crippen LogP contribution >= 0.6 is 12.4 Å². The van der Waals surface area contributed by atoms with E-state index < -0.39 is 0 Å². The zero-order valence-corrected chi connectivity index (χ0v) is 12.7. The van der Waals surface area contributed by atoms with Gasteiger partial charge in [-0.3, -0.25) is 9.48 Å². The van der Waals surface area contributed by atoms with Crippen LogP contribution in [0.15, 0.2) is 12.3 Å². The molecule has 112 valence electrons. The summed E-state index contributed by atoms with van der Waals surface area (Å²) in [5.74, 6) is 0.709. The number of carbonyl (C=O) groups excluding carboxylic acids is 1. The molecule has 2 aliphatic rings. The lowest BCUT2D eigenvalue weighted by atomic mass is 10.1. The lowest BCUT2D eigenvalue weighted by Gasteiger charge is -2.23. The Morgan fingerprint density at radius 2 is 2.30 bits per heavy atom. The highest BCUT2D eigenvalue weighted by Gasteiger charge is 2.26. The van der Waals surface area contributed by atoms with Crippen molar-refractivity contribution in [2.45, 2.75) is 32.2 Å². The molecule has 0 bridgehead atoms. The molecule has 1 aromatic heterocycles. The molecule has 0 aromatic carbocycles. The van der Waals surface area contributed by atoms with E-state index in [9.17, 15) is 4.79 Å². The van der Waals surface area contributed by atoms with Crippen LogP contribution in [0.5, 0.6) is 0 Å². The van der Waals surface area contributed by atoms with Crippen LogP contribution in [0, 0.1) is 5.92 Å². The van der Waals surface area contributed by atoms with E-state index in [-0.39, 0.29) is 18.3 Å². The summed E-state index contributed by atoms with van der Waals surface area (Å²) in [6.07, 6.45) is 5.38. The number of carbonyl (C=O) groups is 1. The van der Waals surface area contributed by atoms with Crippen molar-refractivity contribution in [2.24, 2.45) is 5.92 Å². The molecule has 5 nitrogen and oxygen atoms in total. The van der Waals surface area contributed by atoms with Gasteiger partial charge in [-0.15, -0.1) is 12.4 Å². The second-order valence-electron chi connectivity index (χ2n) is 5.83. The Balaban J connectivity index is 0.00000147. The van der Waals surface area contributed by atoms with E-state index in [2.05, 4.69) is 17.3 Å². The number of piperidine rings is 1. The third-order valence-electron chi connectivity index (χ3n) is 4.18. The van der Waals surface area contributed by atoms with Crippen LogP contribution < -0.4 is 5.32 Å². The molecule has 1 amide bonds. The maximum atomic E-state index is 12.3. The van der Waals surface area contributed by atoms with Crippen LogP contribution in [-0.4, -0.2) is 46.8 Å². The van der Waals surface area contributed by atoms with Crippen molar-refractivity contribution in [1.29, 1.82) is 0 Å². The Morgan fingerprint density at radius 1 is 1.45 bits per heavy atom. The molecule has 2 saturated heterocycles. The molecule has 6 heteroatoms. The molecule has 3 heterocycles. The average Bonchev–Trinajstić information content (AvgIpc) is 3.08. The third kappa shape index (κ3) is 3.15. The first-order valence-electron chi connectivity index (χ1n) is 7.29. The summed E-state index contributed by atoms with van der Waals surface area (Å²) in [6.45, 7) is 5.99. The molecular weight excluding hydrogens is 276 g/mol. The lowest BCUT2D eigenvalue weighted by Crippen LogP contribution is -2.32. The number of halogens is 1. The fourth-order valence-electron chi connectivity index (χ4n) is 3.00. The van der Waals surface area contributed by atoms with Crippen molar-refractivity contribution in [3.8, 4) is 0 Å². The van der Waals surface area contributed by atoms with E-state index in [0.29, 0.717) is 17.7 Å². The number of nitrogens with zero attached hydrogens (tertiary/aromatic N) is 3. The van der Waals surface area contributed by atoms with Crippen LogP contribution in [0.3, 0.4) is 0 Å². The van der Waals surface area contributed by atoms with Crippen molar-refractivity contribution in [2.75, 3.05) is 26.2 Å². The van der Waals surface area contributed by atoms with Gasteiger partial charge in [-0.25, -0.2) is 0 Å². The summed E-state index contributed by atoms with van der Waals surface area (Å²) in [6, 6.07) is 2.26. The molecule has 0 saturated carbocycles. The van der Waals surface area contributed by atoms with Gasteiger partial charge >= 0.3 is 0 Å². The molecule has 2 aliphatic heterocycles. The molecular formula is C14H23ClN4O. The minimum Gasteiger partial charge on any atom is -0.337 e. The highest BCUT2D eigenvalue weighted by molar-refractivity contribution is 5.92. The molecule has 2 unspecified atom stereocenters. The van der Waals surface area contributed by atoms with Gasteiger partial charge in [0.15, 0.2) is 0 Å². The van der Waals surface area contributed by atoms with Gasteiger partial charge in [0.1, 0.15) is 5.69 Å². The Morgan fingerprint density at radius 3 is 2.95 bits per heavy atom. The zero-order chi connectivity index (χ0) is 13.2. The van der Waals surface area contributed by atoms with E-state index in [4.69, 9.17) is 0 Å². The van der Waals surface area contributed by atoms with Crippen molar-refractivity contribution < 1.29 is 4.79 Å². The summed E-state index contributed by atoms with van der Waals surface area (Å²) in [5.41, 5.74) is 0.597. The van der Waals surface area contributed by atoms with Gasteiger partial charge in [-0.1, -0.05) is 6.92 Å². The van der Waals surface area contributed by atoms with E-state index in [1.54, 1.807) is 0 Å². The number of aromatic nitrogens is 2. The van der Waals surface area contributed by atoms with Gasteiger partial charge in [0.2, 0.25) is 0 Å². The van der Waals surface area contributed by atoms with Crippen LogP contribution in [-0.2, 0) is 0 Å². The van der Waals surface area contributed by atoms with Crippen molar-refractivity contribution in [1.82, 2.24) is 20.0 Å². The highest BCUT2D eigenvalue weighted by Crippen LogP contribution is 2.19. The summed E-state index contributed by atoms with van der Waals surface area (Å²) in [5, 5.41) is 7.87. The quantitative estimate of drug-likeness (QED) is 0.904. The normalized spacial score (nSPS) is 26.4. The van der Waals surface area contributed by atoms with Gasteiger partial charge in [-0.2, -0.15) is 5.10 Å². The number of rotatable bonds is 2. The molecule has 0 aliphatic carbocycles. The number of hydrogen-bond donors (Lipinski definition) is 1. The van der Waals surface area contributed by atoms with Crippen molar-refractivity contribution >= 4 is 18.3 Å². The number of hydrogen-bond acceptors (Lipinski definition) is 3. The maximum absolute atomic E-state index is 12.3. The molecule has 1 N–H and O–H groups in total. The van der Waals surface area contributed by atoms with Crippen LogP contribution in [0.2, 0.25) is 0 Å². The Labute approximate surface area is 126 Å². The van der Waals surface area contributed by atoms with Gasteiger partial charge in [-0.05, 0) is 37.8 Å². The fourth-order valence-corrected chi connectivity index (χ4v) is 3.00. The van der Waals surface area contributed by atoms with E-state index in [1.807, 2.05) is 21.8 Å². The van der Waals surface area contributed by atoms with E-state index in [1.165, 1.54) is 6.42 Å². The first-order valence-corrected chi connectivity index (χ1v) is 7.29. The summed E-state index contributed by atoms with van der Waals surface area (Å²) in [4.78, 5) is 14.3. The molecule has 2 fully saturated rings. The van der Waals surface area contributed by atoms with E-state index in [0.717, 1.165) is 39.0 Å². The topological polar surface area (TPSA) is 50.2 Å². The second-order valence-corrected chi connectivity index (χ2v) is 5.83. The Kier molecular flexibility index (Phi) is 5.05. The number of amides is 1. The molecule has 3 rings (SSSR count). The van der Waals surface area contributed by atoms with Gasteiger partial charge in [0.25, 0.3) is 5.91 Å². The van der Waals surface area contributed by atoms with Crippen LogP contribution in [0.1, 0.15) is 42.7 Å². The minimum atomic E-state index is 0. The largest absolute Gasteiger partial charge is 0.337 e. The maximum Gasteiger partial charge on any atom is 0.274 e.